The zero-order chi connectivity index (χ0) is 15.3. The Labute approximate surface area is 133 Å². The Bertz CT molecular complexity index is 698. The third-order valence-electron chi connectivity index (χ3n) is 2.76. The molecule has 4 nitrogen and oxygen atoms in total. The van der Waals surface area contributed by atoms with E-state index >= 15 is 0 Å². The van der Waals surface area contributed by atoms with Gasteiger partial charge in [0.25, 0.3) is 0 Å². The van der Waals surface area contributed by atoms with Gasteiger partial charge in [-0.05, 0) is 41.6 Å². The van der Waals surface area contributed by atoms with Gasteiger partial charge in [-0.25, -0.2) is 13.1 Å². The molecule has 1 N–H and O–H groups in total. The summed E-state index contributed by atoms with van der Waals surface area (Å²) in [5, 5.41) is 2.42. The van der Waals surface area contributed by atoms with Crippen molar-refractivity contribution in [2.45, 2.75) is 17.7 Å². The molecule has 0 aliphatic carbocycles. The van der Waals surface area contributed by atoms with Crippen LogP contribution in [0.15, 0.2) is 39.9 Å². The van der Waals surface area contributed by atoms with Crippen LogP contribution >= 0.6 is 22.9 Å². The van der Waals surface area contributed by atoms with Crippen molar-refractivity contribution in [2.75, 3.05) is 13.2 Å². The lowest BCUT2D eigenvalue weighted by molar-refractivity contribution is 0.126. The largest absolute Gasteiger partial charge is 0.375 e. The zero-order valence-electron chi connectivity index (χ0n) is 11.5. The minimum Gasteiger partial charge on any atom is -0.375 e. The molecule has 0 fully saturated rings. The molecule has 0 amide bonds. The molecule has 0 atom stereocenters. The van der Waals surface area contributed by atoms with E-state index in [1.54, 1.807) is 24.4 Å². The van der Waals surface area contributed by atoms with Crippen molar-refractivity contribution in [3.8, 4) is 0 Å². The number of nitrogens with one attached hydrogen (secondary N) is 1. The van der Waals surface area contributed by atoms with Gasteiger partial charge in [-0.3, -0.25) is 0 Å². The van der Waals surface area contributed by atoms with Crippen LogP contribution in [-0.4, -0.2) is 21.6 Å². The molecule has 1 aromatic carbocycles. The first-order valence-electron chi connectivity index (χ1n) is 6.35. The Morgan fingerprint density at radius 3 is 2.81 bits per heavy atom. The van der Waals surface area contributed by atoms with E-state index in [-0.39, 0.29) is 6.54 Å². The van der Waals surface area contributed by atoms with E-state index in [9.17, 15) is 8.42 Å². The molecule has 0 saturated heterocycles. The molecule has 7 heteroatoms. The van der Waals surface area contributed by atoms with Crippen LogP contribution in [0.25, 0.3) is 0 Å². The first kappa shape index (κ1) is 16.5. The highest BCUT2D eigenvalue weighted by molar-refractivity contribution is 7.91. The van der Waals surface area contributed by atoms with E-state index in [1.165, 1.54) is 11.3 Å². The summed E-state index contributed by atoms with van der Waals surface area (Å²) in [7, 11) is -3.43. The number of halogens is 1. The molecule has 0 unspecified atom stereocenters. The number of thiophene rings is 1. The van der Waals surface area contributed by atoms with Gasteiger partial charge >= 0.3 is 0 Å². The fraction of sp³-hybridized carbons (Fsp3) is 0.286. The summed E-state index contributed by atoms with van der Waals surface area (Å²) in [5.74, 6) is 0. The summed E-state index contributed by atoms with van der Waals surface area (Å²) in [6.45, 7) is 2.72. The van der Waals surface area contributed by atoms with Crippen molar-refractivity contribution >= 4 is 33.0 Å². The number of ether oxygens (including phenoxy) is 1. The average Bonchev–Trinajstić information content (AvgIpc) is 2.85. The minimum atomic E-state index is -3.43. The molecule has 0 bridgehead atoms. The minimum absolute atomic E-state index is 0.236. The fourth-order valence-corrected chi connectivity index (χ4v) is 4.45. The molecule has 1 heterocycles. The van der Waals surface area contributed by atoms with Gasteiger partial charge < -0.3 is 4.74 Å². The van der Waals surface area contributed by atoms with E-state index < -0.39 is 10.0 Å². The van der Waals surface area contributed by atoms with Gasteiger partial charge in [0.15, 0.2) is 0 Å². The number of hydrogen-bond acceptors (Lipinski definition) is 4. The highest BCUT2D eigenvalue weighted by Crippen LogP contribution is 2.21. The molecule has 2 rings (SSSR count). The molecule has 2 aromatic rings. The van der Waals surface area contributed by atoms with Crippen molar-refractivity contribution in [3.05, 3.63) is 51.9 Å². The summed E-state index contributed by atoms with van der Waals surface area (Å²) in [6, 6.07) is 9.16. The second kappa shape index (κ2) is 7.38. The quantitative estimate of drug-likeness (QED) is 0.784. The smallest absolute Gasteiger partial charge is 0.250 e. The number of aryl methyl sites for hydroxylation is 1. The monoisotopic (exact) mass is 345 g/mol. The number of benzene rings is 1. The lowest BCUT2D eigenvalue weighted by Gasteiger charge is -2.07. The van der Waals surface area contributed by atoms with E-state index in [2.05, 4.69) is 4.72 Å². The van der Waals surface area contributed by atoms with Gasteiger partial charge in [0.2, 0.25) is 10.0 Å². The SMILES string of the molecule is Cc1ccsc1S(=O)(=O)NCCOCc1cccc(Cl)c1. The Kier molecular flexibility index (Phi) is 5.78. The van der Waals surface area contributed by atoms with Crippen molar-refractivity contribution in [1.29, 1.82) is 0 Å². The number of sulfonamides is 1. The lowest BCUT2D eigenvalue weighted by atomic mass is 10.2. The maximum absolute atomic E-state index is 12.0. The summed E-state index contributed by atoms with van der Waals surface area (Å²) >= 11 is 7.08. The normalized spacial score (nSPS) is 11.7. The van der Waals surface area contributed by atoms with Crippen LogP contribution in [0.4, 0.5) is 0 Å². The van der Waals surface area contributed by atoms with Gasteiger partial charge in [0, 0.05) is 11.6 Å². The Morgan fingerprint density at radius 1 is 1.33 bits per heavy atom. The van der Waals surface area contributed by atoms with Gasteiger partial charge in [0.05, 0.1) is 13.2 Å². The molecular formula is C14H16ClNO3S2. The van der Waals surface area contributed by atoms with Crippen LogP contribution in [0.2, 0.25) is 5.02 Å². The summed E-state index contributed by atoms with van der Waals surface area (Å²) in [5.41, 5.74) is 1.71. The molecule has 0 saturated carbocycles. The number of hydrogen-bond donors (Lipinski definition) is 1. The molecule has 0 radical (unpaired) electrons. The van der Waals surface area contributed by atoms with Crippen LogP contribution < -0.4 is 4.72 Å². The topological polar surface area (TPSA) is 55.4 Å². The third-order valence-corrected chi connectivity index (χ3v) is 6.14. The van der Waals surface area contributed by atoms with Crippen LogP contribution in [-0.2, 0) is 21.4 Å². The molecule has 0 aliphatic heterocycles. The molecule has 0 spiro atoms. The molecule has 21 heavy (non-hydrogen) atoms. The predicted octanol–water partition coefficient (Wildman–Crippen LogP) is 3.21. The highest BCUT2D eigenvalue weighted by atomic mass is 35.5. The third kappa shape index (κ3) is 4.79. The van der Waals surface area contributed by atoms with Crippen LogP contribution in [0.5, 0.6) is 0 Å². The van der Waals surface area contributed by atoms with Crippen molar-refractivity contribution < 1.29 is 13.2 Å². The second-order valence-electron chi connectivity index (χ2n) is 4.47. The van der Waals surface area contributed by atoms with Crippen LogP contribution in [0.1, 0.15) is 11.1 Å². The Hall–Kier alpha value is -0.920. The van der Waals surface area contributed by atoms with E-state index in [4.69, 9.17) is 16.3 Å². The zero-order valence-corrected chi connectivity index (χ0v) is 13.9. The fourth-order valence-electron chi connectivity index (χ4n) is 1.76. The van der Waals surface area contributed by atoms with Gasteiger partial charge in [-0.2, -0.15) is 0 Å². The van der Waals surface area contributed by atoms with Gasteiger partial charge in [0.1, 0.15) is 4.21 Å². The van der Waals surface area contributed by atoms with Crippen molar-refractivity contribution in [1.82, 2.24) is 4.72 Å². The highest BCUT2D eigenvalue weighted by Gasteiger charge is 2.17. The number of rotatable bonds is 7. The molecule has 0 aliphatic rings. The maximum atomic E-state index is 12.0. The van der Waals surface area contributed by atoms with Crippen LogP contribution in [0, 0.1) is 6.92 Å². The first-order chi connectivity index (χ1) is 9.99. The first-order valence-corrected chi connectivity index (χ1v) is 9.09. The van der Waals surface area contributed by atoms with E-state index in [1.807, 2.05) is 18.2 Å². The second-order valence-corrected chi connectivity index (χ2v) is 7.79. The standard InChI is InChI=1S/C14H16ClNO3S2/c1-11-5-8-20-14(11)21(17,18)16-6-7-19-10-12-3-2-4-13(15)9-12/h2-5,8-9,16H,6-7,10H2,1H3. The molecule has 114 valence electrons. The van der Waals surface area contributed by atoms with E-state index in [0.717, 1.165) is 11.1 Å². The molecular weight excluding hydrogens is 330 g/mol. The Balaban J connectivity index is 1.76. The summed E-state index contributed by atoms with van der Waals surface area (Å²) in [6.07, 6.45) is 0. The van der Waals surface area contributed by atoms with Crippen molar-refractivity contribution in [3.63, 3.8) is 0 Å². The van der Waals surface area contributed by atoms with Gasteiger partial charge in [-0.15, -0.1) is 11.3 Å². The predicted molar refractivity (Wildman–Crippen MR) is 85.4 cm³/mol. The van der Waals surface area contributed by atoms with Gasteiger partial charge in [-0.1, -0.05) is 23.7 Å². The van der Waals surface area contributed by atoms with Crippen molar-refractivity contribution in [2.24, 2.45) is 0 Å². The molecule has 1 aromatic heterocycles. The van der Waals surface area contributed by atoms with E-state index in [0.29, 0.717) is 22.4 Å². The lowest BCUT2D eigenvalue weighted by Crippen LogP contribution is -2.27. The summed E-state index contributed by atoms with van der Waals surface area (Å²) in [4.78, 5) is 0. The summed E-state index contributed by atoms with van der Waals surface area (Å²) < 4.78 is 32.4. The average molecular weight is 346 g/mol. The Morgan fingerprint density at radius 2 is 2.14 bits per heavy atom. The maximum Gasteiger partial charge on any atom is 0.250 e. The van der Waals surface area contributed by atoms with Crippen LogP contribution in [0.3, 0.4) is 0 Å².